The van der Waals surface area contributed by atoms with Gasteiger partial charge in [0.05, 0.1) is 5.39 Å². The zero-order valence-electron chi connectivity index (χ0n) is 16.4. The van der Waals surface area contributed by atoms with E-state index in [1.165, 1.54) is 22.4 Å². The highest BCUT2D eigenvalue weighted by molar-refractivity contribution is 5.95. The van der Waals surface area contributed by atoms with Crippen molar-refractivity contribution >= 4 is 16.7 Å². The minimum Gasteiger partial charge on any atom is -0.298 e. The fourth-order valence-electron chi connectivity index (χ4n) is 3.85. The van der Waals surface area contributed by atoms with Crippen LogP contribution >= 0.6 is 0 Å². The monoisotopic (exact) mass is 367 g/mol. The van der Waals surface area contributed by atoms with Gasteiger partial charge in [0.25, 0.3) is 0 Å². The standard InChI is InChI=1S/C23H21N5/c1-14-7-5-9-18(11-14)21-25-23-20-16(3)17(4)28(19-10-6-8-15(2)12-19)22(20)24-13-27(23)26-21/h5-13H,1-4H3. The Labute approximate surface area is 163 Å². The molecule has 2 aromatic carbocycles. The normalized spacial score (nSPS) is 11.6. The van der Waals surface area contributed by atoms with Crippen molar-refractivity contribution in [1.82, 2.24) is 24.1 Å². The fourth-order valence-corrected chi connectivity index (χ4v) is 3.85. The van der Waals surface area contributed by atoms with Crippen LogP contribution in [-0.2, 0) is 0 Å². The van der Waals surface area contributed by atoms with Crippen molar-refractivity contribution in [2.75, 3.05) is 0 Å². The maximum atomic E-state index is 4.88. The largest absolute Gasteiger partial charge is 0.298 e. The molecule has 0 aliphatic rings. The van der Waals surface area contributed by atoms with E-state index >= 15 is 0 Å². The summed E-state index contributed by atoms with van der Waals surface area (Å²) in [5, 5.41) is 5.72. The molecule has 0 fully saturated rings. The first-order valence-electron chi connectivity index (χ1n) is 9.40. The van der Waals surface area contributed by atoms with Gasteiger partial charge in [-0.05, 0) is 57.0 Å². The first-order valence-corrected chi connectivity index (χ1v) is 9.40. The van der Waals surface area contributed by atoms with Gasteiger partial charge in [-0.15, -0.1) is 5.10 Å². The molecule has 0 spiro atoms. The van der Waals surface area contributed by atoms with Gasteiger partial charge < -0.3 is 0 Å². The first-order chi connectivity index (χ1) is 13.5. The molecule has 0 unspecified atom stereocenters. The van der Waals surface area contributed by atoms with Crippen molar-refractivity contribution in [2.45, 2.75) is 27.7 Å². The second-order valence-electron chi connectivity index (χ2n) is 7.40. The highest BCUT2D eigenvalue weighted by atomic mass is 15.3. The third-order valence-electron chi connectivity index (χ3n) is 5.37. The van der Waals surface area contributed by atoms with Gasteiger partial charge in [0, 0.05) is 16.9 Å². The van der Waals surface area contributed by atoms with E-state index in [1.807, 2.05) is 12.1 Å². The van der Waals surface area contributed by atoms with Crippen LogP contribution in [0.25, 0.3) is 33.8 Å². The highest BCUT2D eigenvalue weighted by Gasteiger charge is 2.19. The van der Waals surface area contributed by atoms with Crippen LogP contribution in [0.1, 0.15) is 22.4 Å². The second kappa shape index (κ2) is 6.02. The highest BCUT2D eigenvalue weighted by Crippen LogP contribution is 2.30. The lowest BCUT2D eigenvalue weighted by Crippen LogP contribution is -1.99. The van der Waals surface area contributed by atoms with Crippen LogP contribution < -0.4 is 0 Å². The van der Waals surface area contributed by atoms with E-state index in [9.17, 15) is 0 Å². The predicted molar refractivity (Wildman–Crippen MR) is 112 cm³/mol. The van der Waals surface area contributed by atoms with Crippen LogP contribution in [0.4, 0.5) is 0 Å². The molecule has 0 saturated carbocycles. The van der Waals surface area contributed by atoms with Crippen molar-refractivity contribution in [2.24, 2.45) is 0 Å². The Hall–Kier alpha value is -3.47. The number of benzene rings is 2. The molecule has 3 aromatic heterocycles. The average Bonchev–Trinajstić information content (AvgIpc) is 3.21. The molecule has 0 saturated heterocycles. The Kier molecular flexibility index (Phi) is 3.59. The fraction of sp³-hybridized carbons (Fsp3) is 0.174. The number of fused-ring (bicyclic) bond motifs is 3. The molecule has 138 valence electrons. The molecule has 0 bridgehead atoms. The molecule has 0 atom stereocenters. The van der Waals surface area contributed by atoms with Gasteiger partial charge in [-0.3, -0.25) is 4.57 Å². The Morgan fingerprint density at radius 3 is 2.32 bits per heavy atom. The lowest BCUT2D eigenvalue weighted by Gasteiger charge is -2.08. The Morgan fingerprint density at radius 2 is 1.57 bits per heavy atom. The van der Waals surface area contributed by atoms with E-state index in [2.05, 4.69) is 73.8 Å². The van der Waals surface area contributed by atoms with Crippen molar-refractivity contribution in [1.29, 1.82) is 0 Å². The summed E-state index contributed by atoms with van der Waals surface area (Å²) in [5.74, 6) is 0.721. The van der Waals surface area contributed by atoms with E-state index in [1.54, 1.807) is 10.8 Å². The van der Waals surface area contributed by atoms with Gasteiger partial charge >= 0.3 is 0 Å². The average molecular weight is 367 g/mol. The van der Waals surface area contributed by atoms with E-state index in [0.29, 0.717) is 0 Å². The lowest BCUT2D eigenvalue weighted by atomic mass is 10.1. The summed E-state index contributed by atoms with van der Waals surface area (Å²) in [5.41, 5.74) is 8.65. The van der Waals surface area contributed by atoms with Gasteiger partial charge in [-0.2, -0.15) is 0 Å². The van der Waals surface area contributed by atoms with Crippen molar-refractivity contribution in [3.63, 3.8) is 0 Å². The second-order valence-corrected chi connectivity index (χ2v) is 7.40. The summed E-state index contributed by atoms with van der Waals surface area (Å²) < 4.78 is 3.99. The van der Waals surface area contributed by atoms with E-state index in [0.717, 1.165) is 33.8 Å². The summed E-state index contributed by atoms with van der Waals surface area (Å²) in [7, 11) is 0. The zero-order valence-corrected chi connectivity index (χ0v) is 16.4. The number of nitrogens with zero attached hydrogens (tertiary/aromatic N) is 5. The third kappa shape index (κ3) is 2.43. The molecule has 0 aliphatic carbocycles. The van der Waals surface area contributed by atoms with Crippen LogP contribution in [0.5, 0.6) is 0 Å². The summed E-state index contributed by atoms with van der Waals surface area (Å²) in [4.78, 5) is 9.62. The zero-order chi connectivity index (χ0) is 19.4. The SMILES string of the molecule is Cc1cccc(-c2nc3c4c(C)c(C)n(-c5cccc(C)c5)c4ncn3n2)c1. The van der Waals surface area contributed by atoms with E-state index in [4.69, 9.17) is 9.97 Å². The van der Waals surface area contributed by atoms with Gasteiger partial charge in [0.15, 0.2) is 17.1 Å². The van der Waals surface area contributed by atoms with Crippen molar-refractivity contribution in [3.8, 4) is 17.1 Å². The number of hydrogen-bond donors (Lipinski definition) is 0. The molecule has 3 heterocycles. The number of hydrogen-bond acceptors (Lipinski definition) is 3. The Bertz CT molecular complexity index is 1360. The summed E-state index contributed by atoms with van der Waals surface area (Å²) in [6.45, 7) is 8.45. The molecular weight excluding hydrogens is 346 g/mol. The maximum Gasteiger partial charge on any atom is 0.182 e. The van der Waals surface area contributed by atoms with Crippen molar-refractivity contribution < 1.29 is 0 Å². The molecule has 0 aliphatic heterocycles. The lowest BCUT2D eigenvalue weighted by molar-refractivity contribution is 0.926. The molecule has 5 heteroatoms. The third-order valence-corrected chi connectivity index (χ3v) is 5.37. The van der Waals surface area contributed by atoms with Gasteiger partial charge in [0.1, 0.15) is 6.33 Å². The van der Waals surface area contributed by atoms with Crippen molar-refractivity contribution in [3.05, 3.63) is 77.2 Å². The molecule has 5 nitrogen and oxygen atoms in total. The van der Waals surface area contributed by atoms with Gasteiger partial charge in [0.2, 0.25) is 0 Å². The van der Waals surface area contributed by atoms with Crippen LogP contribution in [-0.4, -0.2) is 24.1 Å². The van der Waals surface area contributed by atoms with Crippen LogP contribution in [0.15, 0.2) is 54.9 Å². The molecule has 0 N–H and O–H groups in total. The maximum absolute atomic E-state index is 4.88. The van der Waals surface area contributed by atoms with Crippen LogP contribution in [0.2, 0.25) is 0 Å². The number of rotatable bonds is 2. The van der Waals surface area contributed by atoms with E-state index in [-0.39, 0.29) is 0 Å². The summed E-state index contributed by atoms with van der Waals surface area (Å²) in [6.07, 6.45) is 1.76. The van der Waals surface area contributed by atoms with Gasteiger partial charge in [-0.25, -0.2) is 14.5 Å². The molecule has 0 amide bonds. The smallest absolute Gasteiger partial charge is 0.182 e. The molecular formula is C23H21N5. The van der Waals surface area contributed by atoms with Gasteiger partial charge in [-0.1, -0.05) is 35.9 Å². The Morgan fingerprint density at radius 1 is 0.821 bits per heavy atom. The minimum absolute atomic E-state index is 0.721. The minimum atomic E-state index is 0.721. The quantitative estimate of drug-likeness (QED) is 0.443. The van der Waals surface area contributed by atoms with Crippen LogP contribution in [0.3, 0.4) is 0 Å². The Balaban J connectivity index is 1.80. The first kappa shape index (κ1) is 16.7. The molecule has 28 heavy (non-hydrogen) atoms. The number of aryl methyl sites for hydroxylation is 3. The summed E-state index contributed by atoms with van der Waals surface area (Å²) >= 11 is 0. The topological polar surface area (TPSA) is 48.0 Å². The molecule has 5 rings (SSSR count). The predicted octanol–water partition coefficient (Wildman–Crippen LogP) is 4.97. The summed E-state index contributed by atoms with van der Waals surface area (Å²) in [6, 6.07) is 16.7. The molecule has 5 aromatic rings. The molecule has 0 radical (unpaired) electrons. The van der Waals surface area contributed by atoms with Crippen LogP contribution in [0, 0.1) is 27.7 Å². The number of aromatic nitrogens is 5. The van der Waals surface area contributed by atoms with E-state index < -0.39 is 0 Å².